The average Bonchev–Trinajstić information content (AvgIpc) is 2.99. The summed E-state index contributed by atoms with van der Waals surface area (Å²) in [4.78, 5) is 42.4. The molecule has 5 rings (SSSR count). The molecule has 2 N–H and O–H groups in total. The van der Waals surface area contributed by atoms with Crippen molar-refractivity contribution in [1.82, 2.24) is 19.4 Å². The zero-order valence-corrected chi connectivity index (χ0v) is 24.4. The monoisotopic (exact) mass is 615 g/mol. The summed E-state index contributed by atoms with van der Waals surface area (Å²) in [5.74, 6) is -9.88. The number of nitrogen functional groups attached to an aromatic ring is 1. The minimum absolute atomic E-state index is 0.0165. The fraction of sp³-hybridized carbons (Fsp3) is 0.367. The van der Waals surface area contributed by atoms with Crippen LogP contribution in [0.3, 0.4) is 0 Å². The lowest BCUT2D eigenvalue weighted by atomic mass is 9.88. The molecular formula is C30H30F5N7O2. The molecule has 0 aliphatic carbocycles. The zero-order valence-electron chi connectivity index (χ0n) is 24.4. The zero-order chi connectivity index (χ0) is 32.2. The Kier molecular flexibility index (Phi) is 8.03. The van der Waals surface area contributed by atoms with Crippen LogP contribution in [0.4, 0.5) is 33.5 Å². The van der Waals surface area contributed by atoms with Crippen LogP contribution < -0.4 is 16.3 Å². The quantitative estimate of drug-likeness (QED) is 0.146. The number of rotatable bonds is 5. The first-order chi connectivity index (χ1) is 20.8. The van der Waals surface area contributed by atoms with Crippen molar-refractivity contribution in [3.8, 4) is 11.3 Å². The van der Waals surface area contributed by atoms with E-state index in [2.05, 4.69) is 21.5 Å². The smallest absolute Gasteiger partial charge is 0.351 e. The first-order valence-corrected chi connectivity index (χ1v) is 13.9. The van der Waals surface area contributed by atoms with Gasteiger partial charge in [0.15, 0.2) is 29.1 Å². The minimum Gasteiger partial charge on any atom is -0.394 e. The molecule has 2 aliphatic rings. The predicted molar refractivity (Wildman–Crippen MR) is 157 cm³/mol. The number of halogens is 5. The van der Waals surface area contributed by atoms with Gasteiger partial charge in [-0.25, -0.2) is 31.7 Å². The van der Waals surface area contributed by atoms with Crippen LogP contribution >= 0.6 is 0 Å². The number of aliphatic imine (C=N–C) groups is 1. The van der Waals surface area contributed by atoms with Gasteiger partial charge in [0.2, 0.25) is 5.91 Å². The van der Waals surface area contributed by atoms with Crippen molar-refractivity contribution in [3.63, 3.8) is 0 Å². The maximum absolute atomic E-state index is 15.8. The van der Waals surface area contributed by atoms with Crippen molar-refractivity contribution >= 4 is 34.2 Å². The molecule has 0 spiro atoms. The Morgan fingerprint density at radius 2 is 1.77 bits per heavy atom. The predicted octanol–water partition coefficient (Wildman–Crippen LogP) is 4.76. The van der Waals surface area contributed by atoms with E-state index >= 15 is 13.2 Å². The number of piperazine rings is 1. The second-order valence-corrected chi connectivity index (χ2v) is 11.2. The molecule has 1 amide bonds. The van der Waals surface area contributed by atoms with Gasteiger partial charge in [-0.2, -0.15) is 4.98 Å². The Morgan fingerprint density at radius 3 is 2.41 bits per heavy atom. The summed E-state index contributed by atoms with van der Waals surface area (Å²) in [7, 11) is 0. The third kappa shape index (κ3) is 4.91. The standard InChI is InChI=1S/C30H30F5N7O2/c1-6-18(43)41-10-9-40(12-15(41)5)28-16-11-17(31)26(19-20(32)22(34)23(35)24(36)21(19)33)38-29(16)42(30(44)39-28)27-14(4)7-8-37-25(27)13(2)3/h6-8,11,13-15,27H,1,9-10,12,36H2,2-5H3/t14?,15-,27?/m1/s1. The fourth-order valence-electron chi connectivity index (χ4n) is 5.82. The summed E-state index contributed by atoms with van der Waals surface area (Å²) in [6.45, 7) is 11.5. The van der Waals surface area contributed by atoms with Crippen LogP contribution in [0.5, 0.6) is 0 Å². The highest BCUT2D eigenvalue weighted by molar-refractivity contribution is 5.95. The van der Waals surface area contributed by atoms with E-state index in [9.17, 15) is 18.4 Å². The fourth-order valence-corrected chi connectivity index (χ4v) is 5.82. The number of carbonyl (C=O) groups is 1. The molecule has 1 saturated heterocycles. The van der Waals surface area contributed by atoms with E-state index < -0.39 is 57.8 Å². The largest absolute Gasteiger partial charge is 0.394 e. The molecule has 9 nitrogen and oxygen atoms in total. The summed E-state index contributed by atoms with van der Waals surface area (Å²) >= 11 is 0. The summed E-state index contributed by atoms with van der Waals surface area (Å²) in [5.41, 5.74) is 1.20. The molecule has 232 valence electrons. The van der Waals surface area contributed by atoms with Crippen LogP contribution in [0.15, 0.2) is 40.8 Å². The van der Waals surface area contributed by atoms with Gasteiger partial charge in [0.25, 0.3) is 0 Å². The lowest BCUT2D eigenvalue weighted by Gasteiger charge is -2.40. The summed E-state index contributed by atoms with van der Waals surface area (Å²) in [6.07, 6.45) is 4.54. The van der Waals surface area contributed by atoms with Gasteiger partial charge >= 0.3 is 5.69 Å². The topological polar surface area (TPSA) is 110 Å². The van der Waals surface area contributed by atoms with Crippen molar-refractivity contribution in [2.24, 2.45) is 16.8 Å². The average molecular weight is 616 g/mol. The van der Waals surface area contributed by atoms with Crippen molar-refractivity contribution in [2.45, 2.75) is 39.8 Å². The molecule has 0 bridgehead atoms. The van der Waals surface area contributed by atoms with E-state index in [0.717, 1.165) is 6.07 Å². The molecule has 2 unspecified atom stereocenters. The van der Waals surface area contributed by atoms with E-state index in [1.54, 1.807) is 29.0 Å². The molecule has 2 aromatic heterocycles. The molecule has 14 heteroatoms. The summed E-state index contributed by atoms with van der Waals surface area (Å²) in [5, 5.41) is 0.0165. The van der Waals surface area contributed by atoms with Gasteiger partial charge in [-0.1, -0.05) is 33.4 Å². The van der Waals surface area contributed by atoms with Crippen LogP contribution in [0, 0.1) is 40.9 Å². The number of carbonyl (C=O) groups excluding carboxylic acids is 1. The third-order valence-electron chi connectivity index (χ3n) is 8.04. The Morgan fingerprint density at radius 1 is 1.07 bits per heavy atom. The number of amides is 1. The van der Waals surface area contributed by atoms with Gasteiger partial charge in [-0.3, -0.25) is 14.4 Å². The summed E-state index contributed by atoms with van der Waals surface area (Å²) in [6, 6.07) is -0.219. The van der Waals surface area contributed by atoms with Gasteiger partial charge in [0.1, 0.15) is 22.8 Å². The lowest BCUT2D eigenvalue weighted by molar-refractivity contribution is -0.128. The lowest BCUT2D eigenvalue weighted by Crippen LogP contribution is -2.54. The molecule has 3 aromatic rings. The highest BCUT2D eigenvalue weighted by atomic mass is 19.2. The Labute approximate surface area is 249 Å². The molecule has 44 heavy (non-hydrogen) atoms. The highest BCUT2D eigenvalue weighted by Crippen LogP contribution is 2.38. The second-order valence-electron chi connectivity index (χ2n) is 11.2. The Balaban J connectivity index is 1.81. The van der Waals surface area contributed by atoms with E-state index in [-0.39, 0.29) is 60.3 Å². The van der Waals surface area contributed by atoms with Gasteiger partial charge in [-0.05, 0) is 25.0 Å². The number of aromatic nitrogens is 3. The van der Waals surface area contributed by atoms with Gasteiger partial charge in [0.05, 0.1) is 17.0 Å². The van der Waals surface area contributed by atoms with E-state index in [1.165, 1.54) is 10.6 Å². The molecule has 0 saturated carbocycles. The van der Waals surface area contributed by atoms with Crippen LogP contribution in [0.1, 0.15) is 33.7 Å². The molecule has 0 radical (unpaired) electrons. The second kappa shape index (κ2) is 11.5. The Bertz CT molecular complexity index is 1790. The van der Waals surface area contributed by atoms with Gasteiger partial charge < -0.3 is 15.5 Å². The van der Waals surface area contributed by atoms with E-state index in [1.807, 2.05) is 20.8 Å². The van der Waals surface area contributed by atoms with Crippen molar-refractivity contribution in [3.05, 3.63) is 70.6 Å². The van der Waals surface area contributed by atoms with Crippen LogP contribution in [0.25, 0.3) is 22.3 Å². The normalized spacial score (nSPS) is 20.4. The number of hydrogen-bond donors (Lipinski definition) is 1. The summed E-state index contributed by atoms with van der Waals surface area (Å²) < 4.78 is 75.5. The van der Waals surface area contributed by atoms with Crippen molar-refractivity contribution < 1.29 is 26.7 Å². The molecule has 1 fully saturated rings. The number of allylic oxidation sites excluding steroid dienone is 1. The number of fused-ring (bicyclic) bond motifs is 1. The number of nitrogens with two attached hydrogens (primary N) is 1. The Hall–Kier alpha value is -4.62. The molecule has 3 atom stereocenters. The number of anilines is 2. The SMILES string of the molecule is C=CC(=O)N1CCN(c2nc(=O)n(C3C(C(C)C)=NC=CC3C)c3nc(-c4c(F)c(N)c(F)c(F)c4F)c(F)cc23)C[C@H]1C. The van der Waals surface area contributed by atoms with E-state index in [4.69, 9.17) is 5.73 Å². The van der Waals surface area contributed by atoms with Gasteiger partial charge in [0, 0.05) is 43.5 Å². The molecule has 4 heterocycles. The third-order valence-corrected chi connectivity index (χ3v) is 8.04. The van der Waals surface area contributed by atoms with Crippen molar-refractivity contribution in [2.75, 3.05) is 30.3 Å². The van der Waals surface area contributed by atoms with Crippen LogP contribution in [-0.4, -0.2) is 56.7 Å². The maximum Gasteiger partial charge on any atom is 0.351 e. The maximum atomic E-state index is 15.8. The van der Waals surface area contributed by atoms with Crippen LogP contribution in [-0.2, 0) is 4.79 Å². The van der Waals surface area contributed by atoms with E-state index in [0.29, 0.717) is 5.71 Å². The molecule has 2 aliphatic heterocycles. The number of pyridine rings is 1. The van der Waals surface area contributed by atoms with Crippen LogP contribution in [0.2, 0.25) is 0 Å². The van der Waals surface area contributed by atoms with Crippen molar-refractivity contribution in [1.29, 1.82) is 0 Å². The highest BCUT2D eigenvalue weighted by Gasteiger charge is 2.35. The van der Waals surface area contributed by atoms with Gasteiger partial charge in [-0.15, -0.1) is 0 Å². The molecular weight excluding hydrogens is 585 g/mol. The minimum atomic E-state index is -2.10. The molecule has 1 aromatic carbocycles. The first-order valence-electron chi connectivity index (χ1n) is 13.9. The number of nitrogens with zero attached hydrogens (tertiary/aromatic N) is 6. The number of benzene rings is 1. The number of hydrogen-bond acceptors (Lipinski definition) is 7. The first kappa shape index (κ1) is 30.8.